The van der Waals surface area contributed by atoms with Gasteiger partial charge in [-0.05, 0) is 25.0 Å². The number of nitrogens with two attached hydrogens (primary N) is 2. The number of rotatable bonds is 3. The second-order valence-corrected chi connectivity index (χ2v) is 4.52. The van der Waals surface area contributed by atoms with Crippen molar-refractivity contribution < 1.29 is 9.53 Å². The highest BCUT2D eigenvalue weighted by Gasteiger charge is 2.21. The highest BCUT2D eigenvalue weighted by Crippen LogP contribution is 2.29. The highest BCUT2D eigenvalue weighted by atomic mass is 16.5. The number of carbonyl (C=O) groups is 1. The summed E-state index contributed by atoms with van der Waals surface area (Å²) >= 11 is 0. The Labute approximate surface area is 107 Å². The largest absolute Gasteiger partial charge is 0.396 e. The van der Waals surface area contributed by atoms with Gasteiger partial charge in [0.2, 0.25) is 0 Å². The number of ether oxygens (including phenoxy) is 1. The fourth-order valence-electron chi connectivity index (χ4n) is 2.38. The minimum atomic E-state index is -0.485. The first kappa shape index (κ1) is 12.7. The van der Waals surface area contributed by atoms with Crippen LogP contribution in [-0.4, -0.2) is 32.2 Å². The van der Waals surface area contributed by atoms with Gasteiger partial charge in [0.05, 0.1) is 23.0 Å². The molecule has 1 aromatic carbocycles. The lowest BCUT2D eigenvalue weighted by Crippen LogP contribution is -2.37. The maximum atomic E-state index is 11.3. The molecule has 4 N–H and O–H groups in total. The molecule has 2 rings (SSSR count). The van der Waals surface area contributed by atoms with Crippen molar-refractivity contribution in [3.8, 4) is 0 Å². The molecule has 0 aromatic heterocycles. The van der Waals surface area contributed by atoms with Crippen LogP contribution in [0.1, 0.15) is 23.2 Å². The van der Waals surface area contributed by atoms with Crippen molar-refractivity contribution in [1.82, 2.24) is 0 Å². The molecule has 5 heteroatoms. The molecule has 5 nitrogen and oxygen atoms in total. The summed E-state index contributed by atoms with van der Waals surface area (Å²) in [5, 5.41) is 0. The van der Waals surface area contributed by atoms with E-state index in [1.54, 1.807) is 13.2 Å². The Morgan fingerprint density at radius 3 is 2.61 bits per heavy atom. The zero-order valence-electron chi connectivity index (χ0n) is 10.6. The lowest BCUT2D eigenvalue weighted by Gasteiger charge is -2.33. The molecule has 1 fully saturated rings. The van der Waals surface area contributed by atoms with Gasteiger partial charge in [-0.2, -0.15) is 0 Å². The van der Waals surface area contributed by atoms with E-state index < -0.39 is 5.91 Å². The number of hydrogen-bond acceptors (Lipinski definition) is 4. The molecule has 1 aromatic rings. The Bertz CT molecular complexity index is 440. The quantitative estimate of drug-likeness (QED) is 0.782. The van der Waals surface area contributed by atoms with Gasteiger partial charge in [-0.15, -0.1) is 0 Å². The third kappa shape index (κ3) is 2.41. The third-order valence-corrected chi connectivity index (χ3v) is 3.46. The average molecular weight is 249 g/mol. The summed E-state index contributed by atoms with van der Waals surface area (Å²) in [6.07, 6.45) is 2.26. The topological polar surface area (TPSA) is 81.6 Å². The van der Waals surface area contributed by atoms with Gasteiger partial charge in [0.1, 0.15) is 0 Å². The van der Waals surface area contributed by atoms with Crippen LogP contribution in [0.4, 0.5) is 11.4 Å². The first-order valence-electron chi connectivity index (χ1n) is 6.09. The second kappa shape index (κ2) is 5.27. The van der Waals surface area contributed by atoms with Gasteiger partial charge >= 0.3 is 0 Å². The maximum absolute atomic E-state index is 11.3. The smallest absolute Gasteiger partial charge is 0.250 e. The second-order valence-electron chi connectivity index (χ2n) is 4.52. The van der Waals surface area contributed by atoms with Crippen molar-refractivity contribution in [2.75, 3.05) is 30.8 Å². The van der Waals surface area contributed by atoms with Gasteiger partial charge in [-0.1, -0.05) is 6.07 Å². The number of nitrogens with zero attached hydrogens (tertiary/aromatic N) is 1. The van der Waals surface area contributed by atoms with Gasteiger partial charge in [-0.3, -0.25) is 4.79 Å². The fourth-order valence-corrected chi connectivity index (χ4v) is 2.38. The summed E-state index contributed by atoms with van der Waals surface area (Å²) in [7, 11) is 1.74. The molecule has 1 aliphatic rings. The Balaban J connectivity index is 2.19. The molecule has 18 heavy (non-hydrogen) atoms. The van der Waals surface area contributed by atoms with Crippen molar-refractivity contribution in [3.05, 3.63) is 23.8 Å². The molecular weight excluding hydrogens is 230 g/mol. The van der Waals surface area contributed by atoms with E-state index in [0.717, 1.165) is 31.6 Å². The van der Waals surface area contributed by atoms with E-state index in [9.17, 15) is 4.79 Å². The molecular formula is C13H19N3O2. The van der Waals surface area contributed by atoms with Crippen molar-refractivity contribution in [3.63, 3.8) is 0 Å². The molecule has 0 spiro atoms. The monoisotopic (exact) mass is 249 g/mol. The number of primary amides is 1. The number of para-hydroxylation sites is 1. The van der Waals surface area contributed by atoms with E-state index in [4.69, 9.17) is 16.2 Å². The van der Waals surface area contributed by atoms with E-state index in [2.05, 4.69) is 4.90 Å². The summed E-state index contributed by atoms with van der Waals surface area (Å²) in [6.45, 7) is 1.76. The molecule has 0 bridgehead atoms. The summed E-state index contributed by atoms with van der Waals surface area (Å²) < 4.78 is 5.34. The number of carbonyl (C=O) groups excluding carboxylic acids is 1. The van der Waals surface area contributed by atoms with Crippen LogP contribution in [0.3, 0.4) is 0 Å². The summed E-state index contributed by atoms with van der Waals surface area (Å²) in [6, 6.07) is 5.40. The molecule has 0 saturated carbocycles. The van der Waals surface area contributed by atoms with Gasteiger partial charge in [0, 0.05) is 20.2 Å². The zero-order valence-corrected chi connectivity index (χ0v) is 10.6. The first-order chi connectivity index (χ1) is 8.63. The van der Waals surface area contributed by atoms with Crippen LogP contribution in [0, 0.1) is 0 Å². The zero-order chi connectivity index (χ0) is 13.1. The predicted molar refractivity (Wildman–Crippen MR) is 71.6 cm³/mol. The van der Waals surface area contributed by atoms with Crippen molar-refractivity contribution in [2.45, 2.75) is 18.9 Å². The van der Waals surface area contributed by atoms with Crippen LogP contribution < -0.4 is 16.4 Å². The molecule has 0 radical (unpaired) electrons. The van der Waals surface area contributed by atoms with E-state index in [1.807, 2.05) is 12.1 Å². The van der Waals surface area contributed by atoms with Gasteiger partial charge in [0.25, 0.3) is 5.91 Å². The van der Waals surface area contributed by atoms with E-state index in [-0.39, 0.29) is 0 Å². The SMILES string of the molecule is COC1CCN(c2cccc(C(N)=O)c2N)CC1. The number of hydrogen-bond donors (Lipinski definition) is 2. The van der Waals surface area contributed by atoms with Crippen LogP contribution in [0.2, 0.25) is 0 Å². The standard InChI is InChI=1S/C13H19N3O2/c1-18-9-5-7-16(8-6-9)11-4-2-3-10(12(11)14)13(15)17/h2-4,9H,5-8,14H2,1H3,(H2,15,17). The van der Waals surface area contributed by atoms with Crippen LogP contribution in [0.15, 0.2) is 18.2 Å². The number of piperidine rings is 1. The molecule has 0 unspecified atom stereocenters. The van der Waals surface area contributed by atoms with E-state index >= 15 is 0 Å². The number of methoxy groups -OCH3 is 1. The molecule has 1 saturated heterocycles. The molecule has 0 aliphatic carbocycles. The van der Waals surface area contributed by atoms with Gasteiger partial charge in [-0.25, -0.2) is 0 Å². The molecule has 0 atom stereocenters. The summed E-state index contributed by atoms with van der Waals surface area (Å²) in [5.41, 5.74) is 13.1. The summed E-state index contributed by atoms with van der Waals surface area (Å²) in [4.78, 5) is 13.4. The van der Waals surface area contributed by atoms with Crippen molar-refractivity contribution in [2.24, 2.45) is 5.73 Å². The minimum Gasteiger partial charge on any atom is -0.396 e. The molecule has 1 amide bonds. The summed E-state index contributed by atoms with van der Waals surface area (Å²) in [5.74, 6) is -0.485. The highest BCUT2D eigenvalue weighted by molar-refractivity contribution is 6.00. The lowest BCUT2D eigenvalue weighted by atomic mass is 10.0. The Morgan fingerprint density at radius 2 is 2.06 bits per heavy atom. The van der Waals surface area contributed by atoms with Crippen LogP contribution in [0.5, 0.6) is 0 Å². The normalized spacial score (nSPS) is 16.8. The number of nitrogen functional groups attached to an aromatic ring is 1. The van der Waals surface area contributed by atoms with E-state index in [0.29, 0.717) is 17.4 Å². The van der Waals surface area contributed by atoms with E-state index in [1.165, 1.54) is 0 Å². The predicted octanol–water partition coefficient (Wildman–Crippen LogP) is 0.983. The van der Waals surface area contributed by atoms with Crippen molar-refractivity contribution >= 4 is 17.3 Å². The van der Waals surface area contributed by atoms with Crippen LogP contribution >= 0.6 is 0 Å². The fraction of sp³-hybridized carbons (Fsp3) is 0.462. The maximum Gasteiger partial charge on any atom is 0.250 e. The minimum absolute atomic E-state index is 0.321. The van der Waals surface area contributed by atoms with Crippen molar-refractivity contribution in [1.29, 1.82) is 0 Å². The number of anilines is 2. The molecule has 1 aliphatic heterocycles. The van der Waals surface area contributed by atoms with Crippen LogP contribution in [0.25, 0.3) is 0 Å². The Morgan fingerprint density at radius 1 is 1.39 bits per heavy atom. The van der Waals surface area contributed by atoms with Gasteiger partial charge in [0.15, 0.2) is 0 Å². The third-order valence-electron chi connectivity index (χ3n) is 3.46. The number of benzene rings is 1. The first-order valence-corrected chi connectivity index (χ1v) is 6.09. The lowest BCUT2D eigenvalue weighted by molar-refractivity contribution is 0.0819. The molecule has 98 valence electrons. The molecule has 1 heterocycles. The van der Waals surface area contributed by atoms with Gasteiger partial charge < -0.3 is 21.1 Å². The Hall–Kier alpha value is -1.75. The van der Waals surface area contributed by atoms with Crippen LogP contribution in [-0.2, 0) is 4.74 Å². The average Bonchev–Trinajstić information content (AvgIpc) is 2.39. The Kier molecular flexibility index (Phi) is 3.72. The number of amides is 1.